The summed E-state index contributed by atoms with van der Waals surface area (Å²) in [4.78, 5) is 2.46. The van der Waals surface area contributed by atoms with Crippen molar-refractivity contribution >= 4 is 0 Å². The van der Waals surface area contributed by atoms with Crippen molar-refractivity contribution < 1.29 is 9.84 Å². The molecule has 0 radical (unpaired) electrons. The third-order valence-corrected chi connectivity index (χ3v) is 4.91. The molecule has 0 amide bonds. The number of aryl methyl sites for hydroxylation is 1. The van der Waals surface area contributed by atoms with Crippen molar-refractivity contribution in [2.24, 2.45) is 0 Å². The molecule has 1 saturated heterocycles. The van der Waals surface area contributed by atoms with Gasteiger partial charge >= 0.3 is 0 Å². The molecular formula is C15H25N3O2. The summed E-state index contributed by atoms with van der Waals surface area (Å²) in [5.74, 6) is 0. The molecule has 1 aliphatic carbocycles. The number of ether oxygens (including phenoxy) is 1. The molecule has 2 fully saturated rings. The summed E-state index contributed by atoms with van der Waals surface area (Å²) >= 11 is 0. The molecule has 5 nitrogen and oxygen atoms in total. The highest BCUT2D eigenvalue weighted by Gasteiger charge is 2.46. The molecule has 20 heavy (non-hydrogen) atoms. The van der Waals surface area contributed by atoms with E-state index < -0.39 is 6.10 Å². The van der Waals surface area contributed by atoms with Crippen molar-refractivity contribution in [2.75, 3.05) is 26.3 Å². The summed E-state index contributed by atoms with van der Waals surface area (Å²) in [6.45, 7) is 6.33. The Morgan fingerprint density at radius 1 is 1.35 bits per heavy atom. The molecule has 112 valence electrons. The molecule has 2 aliphatic rings. The van der Waals surface area contributed by atoms with Crippen LogP contribution < -0.4 is 0 Å². The highest BCUT2D eigenvalue weighted by molar-refractivity contribution is 5.17. The van der Waals surface area contributed by atoms with E-state index in [9.17, 15) is 5.11 Å². The smallest absolute Gasteiger partial charge is 0.100 e. The highest BCUT2D eigenvalue weighted by Crippen LogP contribution is 2.44. The minimum Gasteiger partial charge on any atom is -0.386 e. The molecule has 3 rings (SSSR count). The second-order valence-corrected chi connectivity index (χ2v) is 5.94. The molecule has 1 N–H and O–H groups in total. The lowest BCUT2D eigenvalue weighted by molar-refractivity contribution is -0.0774. The molecule has 1 aromatic heterocycles. The number of aliphatic hydroxyl groups excluding tert-OH is 1. The molecule has 1 aliphatic heterocycles. The van der Waals surface area contributed by atoms with Gasteiger partial charge < -0.3 is 9.84 Å². The Bertz CT molecular complexity index is 434. The Balaban J connectivity index is 1.85. The van der Waals surface area contributed by atoms with Crippen LogP contribution in [0, 0.1) is 0 Å². The van der Waals surface area contributed by atoms with Crippen LogP contribution in [0.2, 0.25) is 0 Å². The predicted molar refractivity (Wildman–Crippen MR) is 76.5 cm³/mol. The molecule has 2 heterocycles. The van der Waals surface area contributed by atoms with Crippen LogP contribution in [-0.2, 0) is 11.3 Å². The summed E-state index contributed by atoms with van der Waals surface area (Å²) in [6.07, 6.45) is 7.94. The molecule has 1 atom stereocenters. The third-order valence-electron chi connectivity index (χ3n) is 4.91. The third kappa shape index (κ3) is 2.38. The second kappa shape index (κ2) is 5.84. The first-order chi connectivity index (χ1) is 9.76. The van der Waals surface area contributed by atoms with Gasteiger partial charge in [-0.05, 0) is 19.8 Å². The van der Waals surface area contributed by atoms with E-state index in [-0.39, 0.29) is 5.54 Å². The fourth-order valence-corrected chi connectivity index (χ4v) is 3.76. The highest BCUT2D eigenvalue weighted by atomic mass is 16.5. The van der Waals surface area contributed by atoms with E-state index in [1.165, 1.54) is 12.8 Å². The quantitative estimate of drug-likeness (QED) is 0.909. The van der Waals surface area contributed by atoms with Gasteiger partial charge in [0.1, 0.15) is 6.10 Å². The Labute approximate surface area is 120 Å². The minimum absolute atomic E-state index is 0.106. The first-order valence-corrected chi connectivity index (χ1v) is 7.79. The number of morpholine rings is 1. The maximum absolute atomic E-state index is 11.0. The second-order valence-electron chi connectivity index (χ2n) is 5.94. The zero-order valence-corrected chi connectivity index (χ0v) is 12.3. The summed E-state index contributed by atoms with van der Waals surface area (Å²) in [5, 5.41) is 15.3. The summed E-state index contributed by atoms with van der Waals surface area (Å²) < 4.78 is 7.36. The minimum atomic E-state index is -0.441. The molecule has 1 saturated carbocycles. The lowest BCUT2D eigenvalue weighted by atomic mass is 9.85. The SMILES string of the molecule is CCn1cc(C(O)C2(N3CCOCC3)CCCC2)cn1. The monoisotopic (exact) mass is 279 g/mol. The fourth-order valence-electron chi connectivity index (χ4n) is 3.76. The van der Waals surface area contributed by atoms with Crippen molar-refractivity contribution in [3.63, 3.8) is 0 Å². The van der Waals surface area contributed by atoms with Crippen molar-refractivity contribution in [3.05, 3.63) is 18.0 Å². The number of hydrogen-bond donors (Lipinski definition) is 1. The average molecular weight is 279 g/mol. The van der Waals surface area contributed by atoms with Crippen LogP contribution >= 0.6 is 0 Å². The van der Waals surface area contributed by atoms with Gasteiger partial charge in [0.05, 0.1) is 24.9 Å². The molecule has 0 bridgehead atoms. The number of rotatable bonds is 4. The largest absolute Gasteiger partial charge is 0.386 e. The Kier molecular flexibility index (Phi) is 4.10. The molecule has 5 heteroatoms. The molecule has 0 aromatic carbocycles. The maximum atomic E-state index is 11.0. The first-order valence-electron chi connectivity index (χ1n) is 7.79. The van der Waals surface area contributed by atoms with Crippen molar-refractivity contribution in [1.82, 2.24) is 14.7 Å². The number of nitrogens with zero attached hydrogens (tertiary/aromatic N) is 3. The van der Waals surface area contributed by atoms with Crippen LogP contribution in [0.25, 0.3) is 0 Å². The Morgan fingerprint density at radius 2 is 2.05 bits per heavy atom. The normalized spacial score (nSPS) is 24.9. The lowest BCUT2D eigenvalue weighted by Crippen LogP contribution is -2.55. The van der Waals surface area contributed by atoms with Crippen molar-refractivity contribution in [1.29, 1.82) is 0 Å². The zero-order valence-electron chi connectivity index (χ0n) is 12.3. The molecule has 1 aromatic rings. The van der Waals surface area contributed by atoms with Gasteiger partial charge in [0.2, 0.25) is 0 Å². The standard InChI is InChI=1S/C15H25N3O2/c1-2-18-12-13(11-16-18)14(19)15(5-3-4-6-15)17-7-9-20-10-8-17/h11-12,14,19H,2-10H2,1H3. The van der Waals surface area contributed by atoms with Crippen LogP contribution in [0.4, 0.5) is 0 Å². The molecule has 1 unspecified atom stereocenters. The number of hydrogen-bond acceptors (Lipinski definition) is 4. The van der Waals surface area contributed by atoms with Crippen molar-refractivity contribution in [2.45, 2.75) is 50.8 Å². The van der Waals surface area contributed by atoms with E-state index in [1.54, 1.807) is 0 Å². The summed E-state index contributed by atoms with van der Waals surface area (Å²) in [5.41, 5.74) is 0.853. The summed E-state index contributed by atoms with van der Waals surface area (Å²) in [6, 6.07) is 0. The van der Waals surface area contributed by atoms with E-state index in [1.807, 2.05) is 17.1 Å². The van der Waals surface area contributed by atoms with Crippen LogP contribution in [0.1, 0.15) is 44.3 Å². The zero-order chi connectivity index (χ0) is 14.0. The van der Waals surface area contributed by atoms with Crippen LogP contribution in [0.3, 0.4) is 0 Å². The van der Waals surface area contributed by atoms with Crippen LogP contribution in [0.15, 0.2) is 12.4 Å². The topological polar surface area (TPSA) is 50.5 Å². The van der Waals surface area contributed by atoms with E-state index in [0.29, 0.717) is 0 Å². The maximum Gasteiger partial charge on any atom is 0.100 e. The van der Waals surface area contributed by atoms with Gasteiger partial charge in [-0.2, -0.15) is 5.10 Å². The lowest BCUT2D eigenvalue weighted by Gasteiger charge is -2.46. The van der Waals surface area contributed by atoms with E-state index in [2.05, 4.69) is 16.9 Å². The fraction of sp³-hybridized carbons (Fsp3) is 0.800. The Morgan fingerprint density at radius 3 is 2.65 bits per heavy atom. The van der Waals surface area contributed by atoms with Gasteiger partial charge in [-0.15, -0.1) is 0 Å². The van der Waals surface area contributed by atoms with E-state index in [4.69, 9.17) is 4.74 Å². The van der Waals surface area contributed by atoms with Gasteiger partial charge in [0.15, 0.2) is 0 Å². The van der Waals surface area contributed by atoms with Gasteiger partial charge in [-0.3, -0.25) is 9.58 Å². The first kappa shape index (κ1) is 14.0. The van der Waals surface area contributed by atoms with Crippen LogP contribution in [0.5, 0.6) is 0 Å². The Hall–Kier alpha value is -0.910. The molecular weight excluding hydrogens is 254 g/mol. The van der Waals surface area contributed by atoms with Gasteiger partial charge in [-0.1, -0.05) is 12.8 Å². The van der Waals surface area contributed by atoms with Gasteiger partial charge in [0, 0.05) is 31.4 Å². The number of aliphatic hydroxyl groups is 1. The van der Waals surface area contributed by atoms with Gasteiger partial charge in [-0.25, -0.2) is 0 Å². The van der Waals surface area contributed by atoms with Crippen LogP contribution in [-0.4, -0.2) is 51.6 Å². The molecule has 0 spiro atoms. The number of aromatic nitrogens is 2. The summed E-state index contributed by atoms with van der Waals surface area (Å²) in [7, 11) is 0. The van der Waals surface area contributed by atoms with Gasteiger partial charge in [0.25, 0.3) is 0 Å². The van der Waals surface area contributed by atoms with Crippen molar-refractivity contribution in [3.8, 4) is 0 Å². The average Bonchev–Trinajstić information content (AvgIpc) is 3.17. The predicted octanol–water partition coefficient (Wildman–Crippen LogP) is 1.58. The van der Waals surface area contributed by atoms with E-state index in [0.717, 1.165) is 51.3 Å². The van der Waals surface area contributed by atoms with E-state index >= 15 is 0 Å².